The highest BCUT2D eigenvalue weighted by Crippen LogP contribution is 2.12. The summed E-state index contributed by atoms with van der Waals surface area (Å²) in [5.41, 5.74) is 1.42. The molecule has 0 aliphatic heterocycles. The second-order valence-electron chi connectivity index (χ2n) is 3.54. The third-order valence-corrected chi connectivity index (χ3v) is 2.26. The molecule has 0 saturated heterocycles. The average Bonchev–Trinajstić information content (AvgIpc) is 2.80. The fourth-order valence-electron chi connectivity index (χ4n) is 1.49. The molecule has 0 bridgehead atoms. The summed E-state index contributed by atoms with van der Waals surface area (Å²) in [6, 6.07) is 7.76. The summed E-state index contributed by atoms with van der Waals surface area (Å²) < 4.78 is 6.98. The first-order valence-corrected chi connectivity index (χ1v) is 5.39. The Kier molecular flexibility index (Phi) is 3.49. The quantitative estimate of drug-likeness (QED) is 0.732. The molecule has 2 rings (SSSR count). The van der Waals surface area contributed by atoms with Crippen LogP contribution in [0.15, 0.2) is 30.5 Å². The van der Waals surface area contributed by atoms with Crippen molar-refractivity contribution in [1.82, 2.24) is 15.0 Å². The van der Waals surface area contributed by atoms with E-state index in [1.165, 1.54) is 0 Å². The molecule has 88 valence electrons. The summed E-state index contributed by atoms with van der Waals surface area (Å²) >= 11 is 0. The predicted molar refractivity (Wildman–Crippen MR) is 62.1 cm³/mol. The summed E-state index contributed by atoms with van der Waals surface area (Å²) in [4.78, 5) is 10.5. The molecule has 1 heterocycles. The summed E-state index contributed by atoms with van der Waals surface area (Å²) in [6.45, 7) is 3.20. The van der Waals surface area contributed by atoms with Gasteiger partial charge in [-0.3, -0.25) is 4.79 Å². The van der Waals surface area contributed by atoms with Gasteiger partial charge >= 0.3 is 0 Å². The molecule has 0 saturated carbocycles. The summed E-state index contributed by atoms with van der Waals surface area (Å²) in [5.74, 6) is 0.850. The third kappa shape index (κ3) is 2.90. The second kappa shape index (κ2) is 5.25. The van der Waals surface area contributed by atoms with Crippen molar-refractivity contribution < 1.29 is 9.53 Å². The minimum absolute atomic E-state index is 0.343. The van der Waals surface area contributed by atoms with E-state index >= 15 is 0 Å². The highest BCUT2D eigenvalue weighted by Gasteiger charge is 2.00. The van der Waals surface area contributed by atoms with E-state index in [1.807, 2.05) is 31.2 Å². The SMILES string of the molecule is CCOc1ccc(Cn2cc(C=O)nn2)cc1. The average molecular weight is 231 g/mol. The lowest BCUT2D eigenvalue weighted by atomic mass is 10.2. The van der Waals surface area contributed by atoms with Gasteiger partial charge in [0.25, 0.3) is 0 Å². The van der Waals surface area contributed by atoms with Crippen molar-refractivity contribution >= 4 is 6.29 Å². The summed E-state index contributed by atoms with van der Waals surface area (Å²) in [5, 5.41) is 7.54. The standard InChI is InChI=1S/C12H13N3O2/c1-2-17-12-5-3-10(4-6-12)7-15-8-11(9-16)13-14-15/h3-6,8-9H,2,7H2,1H3. The Hall–Kier alpha value is -2.17. The zero-order valence-corrected chi connectivity index (χ0v) is 9.54. The number of aromatic nitrogens is 3. The number of hydrogen-bond donors (Lipinski definition) is 0. The Morgan fingerprint density at radius 1 is 1.35 bits per heavy atom. The number of rotatable bonds is 5. The number of aldehydes is 1. The van der Waals surface area contributed by atoms with Crippen LogP contribution in [0, 0.1) is 0 Å². The van der Waals surface area contributed by atoms with Gasteiger partial charge in [-0.1, -0.05) is 17.3 Å². The predicted octanol–water partition coefficient (Wildman–Crippen LogP) is 1.54. The molecule has 5 heteroatoms. The van der Waals surface area contributed by atoms with E-state index < -0.39 is 0 Å². The first-order valence-electron chi connectivity index (χ1n) is 5.39. The van der Waals surface area contributed by atoms with E-state index in [2.05, 4.69) is 10.3 Å². The van der Waals surface area contributed by atoms with Gasteiger partial charge in [0.2, 0.25) is 0 Å². The van der Waals surface area contributed by atoms with E-state index in [0.717, 1.165) is 11.3 Å². The first kappa shape index (κ1) is 11.3. The Labute approximate surface area is 99.0 Å². The maximum atomic E-state index is 10.5. The lowest BCUT2D eigenvalue weighted by Gasteiger charge is -2.04. The topological polar surface area (TPSA) is 57.0 Å². The summed E-state index contributed by atoms with van der Waals surface area (Å²) in [7, 11) is 0. The van der Waals surface area contributed by atoms with Gasteiger partial charge in [-0.05, 0) is 24.6 Å². The molecular formula is C12H13N3O2. The Morgan fingerprint density at radius 3 is 2.71 bits per heavy atom. The van der Waals surface area contributed by atoms with E-state index in [9.17, 15) is 4.79 Å². The first-order chi connectivity index (χ1) is 8.31. The summed E-state index contributed by atoms with van der Waals surface area (Å²) in [6.07, 6.45) is 2.30. The molecule has 0 unspecified atom stereocenters. The molecule has 1 aromatic carbocycles. The molecular weight excluding hydrogens is 218 g/mol. The minimum Gasteiger partial charge on any atom is -0.494 e. The van der Waals surface area contributed by atoms with Crippen molar-refractivity contribution in [3.05, 3.63) is 41.7 Å². The second-order valence-corrected chi connectivity index (χ2v) is 3.54. The van der Waals surface area contributed by atoms with Crippen LogP contribution < -0.4 is 4.74 Å². The van der Waals surface area contributed by atoms with Crippen LogP contribution in [-0.4, -0.2) is 27.9 Å². The number of carbonyl (C=O) groups is 1. The van der Waals surface area contributed by atoms with Crippen LogP contribution in [0.5, 0.6) is 5.75 Å². The number of ether oxygens (including phenoxy) is 1. The zero-order valence-electron chi connectivity index (χ0n) is 9.54. The van der Waals surface area contributed by atoms with Gasteiger partial charge in [0, 0.05) is 0 Å². The Bertz CT molecular complexity index is 491. The maximum absolute atomic E-state index is 10.5. The van der Waals surface area contributed by atoms with Crippen molar-refractivity contribution in [3.8, 4) is 5.75 Å². The van der Waals surface area contributed by atoms with Gasteiger partial charge in [-0.15, -0.1) is 5.10 Å². The van der Waals surface area contributed by atoms with E-state index in [0.29, 0.717) is 25.1 Å². The highest BCUT2D eigenvalue weighted by atomic mass is 16.5. The number of carbonyl (C=O) groups excluding carboxylic acids is 1. The van der Waals surface area contributed by atoms with Crippen molar-refractivity contribution in [2.24, 2.45) is 0 Å². The molecule has 0 aliphatic carbocycles. The Morgan fingerprint density at radius 2 is 2.12 bits per heavy atom. The fourth-order valence-corrected chi connectivity index (χ4v) is 1.49. The molecule has 0 spiro atoms. The van der Waals surface area contributed by atoms with Crippen LogP contribution >= 0.6 is 0 Å². The molecule has 0 amide bonds. The number of benzene rings is 1. The Balaban J connectivity index is 2.05. The number of nitrogens with zero attached hydrogens (tertiary/aromatic N) is 3. The van der Waals surface area contributed by atoms with Gasteiger partial charge in [0.15, 0.2) is 6.29 Å². The van der Waals surface area contributed by atoms with Crippen LogP contribution in [0.2, 0.25) is 0 Å². The van der Waals surface area contributed by atoms with Gasteiger partial charge in [-0.2, -0.15) is 0 Å². The van der Waals surface area contributed by atoms with Crippen molar-refractivity contribution in [1.29, 1.82) is 0 Å². The van der Waals surface area contributed by atoms with Crippen molar-refractivity contribution in [2.75, 3.05) is 6.61 Å². The lowest BCUT2D eigenvalue weighted by Crippen LogP contribution is -2.00. The van der Waals surface area contributed by atoms with Crippen molar-refractivity contribution in [2.45, 2.75) is 13.5 Å². The smallest absolute Gasteiger partial charge is 0.171 e. The van der Waals surface area contributed by atoms with Crippen LogP contribution in [-0.2, 0) is 6.54 Å². The van der Waals surface area contributed by atoms with Crippen LogP contribution in [0.1, 0.15) is 23.0 Å². The molecule has 0 radical (unpaired) electrons. The minimum atomic E-state index is 0.343. The largest absolute Gasteiger partial charge is 0.494 e. The fraction of sp³-hybridized carbons (Fsp3) is 0.250. The van der Waals surface area contributed by atoms with Gasteiger partial charge in [0.05, 0.1) is 19.3 Å². The normalized spacial score (nSPS) is 10.2. The molecule has 0 N–H and O–H groups in total. The molecule has 0 fully saturated rings. The van der Waals surface area contributed by atoms with Crippen LogP contribution in [0.3, 0.4) is 0 Å². The van der Waals surface area contributed by atoms with Gasteiger partial charge in [0.1, 0.15) is 11.4 Å². The molecule has 5 nitrogen and oxygen atoms in total. The zero-order chi connectivity index (χ0) is 12.1. The molecule has 17 heavy (non-hydrogen) atoms. The van der Waals surface area contributed by atoms with Crippen LogP contribution in [0.4, 0.5) is 0 Å². The van der Waals surface area contributed by atoms with Gasteiger partial charge < -0.3 is 4.74 Å². The van der Waals surface area contributed by atoms with E-state index in [4.69, 9.17) is 4.74 Å². The molecule has 0 aliphatic rings. The van der Waals surface area contributed by atoms with Crippen molar-refractivity contribution in [3.63, 3.8) is 0 Å². The van der Waals surface area contributed by atoms with E-state index in [1.54, 1.807) is 10.9 Å². The maximum Gasteiger partial charge on any atom is 0.171 e. The molecule has 1 aromatic heterocycles. The van der Waals surface area contributed by atoms with E-state index in [-0.39, 0.29) is 0 Å². The highest BCUT2D eigenvalue weighted by molar-refractivity contribution is 5.70. The van der Waals surface area contributed by atoms with Crippen LogP contribution in [0.25, 0.3) is 0 Å². The molecule has 2 aromatic rings. The molecule has 0 atom stereocenters. The number of hydrogen-bond acceptors (Lipinski definition) is 4. The monoisotopic (exact) mass is 231 g/mol. The third-order valence-electron chi connectivity index (χ3n) is 2.26. The van der Waals surface area contributed by atoms with Gasteiger partial charge in [-0.25, -0.2) is 4.68 Å². The lowest BCUT2D eigenvalue weighted by molar-refractivity contribution is 0.111.